The summed E-state index contributed by atoms with van der Waals surface area (Å²) in [5, 5.41) is 20.1. The van der Waals surface area contributed by atoms with Gasteiger partial charge >= 0.3 is 0 Å². The molecule has 0 saturated carbocycles. The normalized spacial score (nSPS) is 9.83. The molecule has 0 aliphatic heterocycles. The van der Waals surface area contributed by atoms with E-state index in [1.54, 1.807) is 11.0 Å². The third-order valence-electron chi connectivity index (χ3n) is 4.44. The highest BCUT2D eigenvalue weighted by atomic mass is 16.3. The molecule has 1 amide bonds. The molecule has 0 bridgehead atoms. The Morgan fingerprint density at radius 1 is 0.931 bits per heavy atom. The average molecular weight is 402 g/mol. The van der Waals surface area contributed by atoms with Crippen LogP contribution in [0.25, 0.3) is 0 Å². The van der Waals surface area contributed by atoms with E-state index in [0.29, 0.717) is 18.7 Å². The predicted octanol–water partition coefficient (Wildman–Crippen LogP) is 6.50. The zero-order valence-electron chi connectivity index (χ0n) is 19.4. The van der Waals surface area contributed by atoms with E-state index < -0.39 is 0 Å². The van der Waals surface area contributed by atoms with Crippen molar-refractivity contribution in [1.82, 2.24) is 4.90 Å². The number of hydrogen-bond acceptors (Lipinski definition) is 3. The van der Waals surface area contributed by atoms with Crippen LogP contribution in [0.5, 0.6) is 11.5 Å². The van der Waals surface area contributed by atoms with Crippen molar-refractivity contribution in [3.8, 4) is 11.5 Å². The summed E-state index contributed by atoms with van der Waals surface area (Å²) in [5.74, 6) is -0.345. The van der Waals surface area contributed by atoms with Gasteiger partial charge in [0, 0.05) is 19.2 Å². The van der Waals surface area contributed by atoms with Gasteiger partial charge in [-0.2, -0.15) is 0 Å². The van der Waals surface area contributed by atoms with Crippen molar-refractivity contribution in [3.63, 3.8) is 0 Å². The van der Waals surface area contributed by atoms with Crippen LogP contribution < -0.4 is 0 Å². The topological polar surface area (TPSA) is 60.8 Å². The van der Waals surface area contributed by atoms with E-state index in [1.807, 2.05) is 60.6 Å². The quantitative estimate of drug-likeness (QED) is 0.581. The van der Waals surface area contributed by atoms with Gasteiger partial charge in [0.15, 0.2) is 0 Å². The van der Waals surface area contributed by atoms with Gasteiger partial charge in [0.2, 0.25) is 0 Å². The molecule has 0 spiro atoms. The van der Waals surface area contributed by atoms with Gasteiger partial charge in [-0.3, -0.25) is 4.79 Å². The molecular weight excluding hydrogens is 362 g/mol. The molecule has 0 unspecified atom stereocenters. The van der Waals surface area contributed by atoms with Crippen LogP contribution >= 0.6 is 0 Å². The van der Waals surface area contributed by atoms with Crippen molar-refractivity contribution in [2.24, 2.45) is 0 Å². The van der Waals surface area contributed by atoms with E-state index in [1.165, 1.54) is 11.6 Å². The molecular formula is C25H39NO3. The Hall–Kier alpha value is -2.49. The fourth-order valence-electron chi connectivity index (χ4n) is 2.89. The zero-order valence-corrected chi connectivity index (χ0v) is 19.4. The fraction of sp³-hybridized carbons (Fsp3) is 0.480. The molecule has 2 N–H and O–H groups in total. The van der Waals surface area contributed by atoms with Gasteiger partial charge in [0.05, 0.1) is 5.56 Å². The number of carbonyl (C=O) groups is 1. The van der Waals surface area contributed by atoms with E-state index in [4.69, 9.17) is 0 Å². The molecule has 0 aliphatic carbocycles. The second-order valence-corrected chi connectivity index (χ2v) is 6.58. The molecule has 4 heteroatoms. The summed E-state index contributed by atoms with van der Waals surface area (Å²) < 4.78 is 0. The monoisotopic (exact) mass is 401 g/mol. The number of benzene rings is 2. The van der Waals surface area contributed by atoms with Crippen LogP contribution in [-0.4, -0.2) is 27.6 Å². The Bertz CT molecular complexity index is 754. The Morgan fingerprint density at radius 3 is 2.03 bits per heavy atom. The van der Waals surface area contributed by atoms with Crippen LogP contribution in [0.2, 0.25) is 0 Å². The first-order chi connectivity index (χ1) is 13.9. The molecule has 2 aromatic carbocycles. The van der Waals surface area contributed by atoms with Crippen LogP contribution in [0, 0.1) is 0 Å². The van der Waals surface area contributed by atoms with Gasteiger partial charge in [0.1, 0.15) is 11.5 Å². The smallest absolute Gasteiger partial charge is 0.257 e. The van der Waals surface area contributed by atoms with Gasteiger partial charge in [-0.15, -0.1) is 0 Å². The zero-order chi connectivity index (χ0) is 22.6. The standard InChI is InChI=1S/C21H27NO3.2C2H6/c1-5-15-8-7-9-16(10-15)13-22(6-2)21(25)18-11-17(14(3)4)19(23)12-20(18)24;2*1-2/h7-12,14,23-24H,5-6,13H2,1-4H3;2*1-2H3. The number of aromatic hydroxyl groups is 2. The highest BCUT2D eigenvalue weighted by Crippen LogP contribution is 2.33. The maximum absolute atomic E-state index is 12.9. The lowest BCUT2D eigenvalue weighted by Gasteiger charge is -2.23. The molecule has 0 heterocycles. The Balaban J connectivity index is 0.00000184. The number of phenolic OH excluding ortho intramolecular Hbond substituents is 2. The fourth-order valence-corrected chi connectivity index (χ4v) is 2.89. The van der Waals surface area contributed by atoms with Crippen LogP contribution in [0.3, 0.4) is 0 Å². The van der Waals surface area contributed by atoms with Gasteiger partial charge in [-0.1, -0.05) is 72.7 Å². The highest BCUT2D eigenvalue weighted by Gasteiger charge is 2.21. The number of rotatable bonds is 6. The van der Waals surface area contributed by atoms with Crippen molar-refractivity contribution >= 4 is 5.91 Å². The predicted molar refractivity (Wildman–Crippen MR) is 123 cm³/mol. The van der Waals surface area contributed by atoms with Gasteiger partial charge < -0.3 is 15.1 Å². The number of amides is 1. The Morgan fingerprint density at radius 2 is 1.52 bits per heavy atom. The molecule has 0 atom stereocenters. The number of carbonyl (C=O) groups excluding carboxylic acids is 1. The van der Waals surface area contributed by atoms with Gasteiger partial charge in [-0.05, 0) is 42.0 Å². The van der Waals surface area contributed by atoms with E-state index in [-0.39, 0.29) is 28.9 Å². The molecule has 0 aromatic heterocycles. The second kappa shape index (κ2) is 13.6. The summed E-state index contributed by atoms with van der Waals surface area (Å²) in [6.07, 6.45) is 0.949. The van der Waals surface area contributed by atoms with Crippen molar-refractivity contribution in [2.75, 3.05) is 6.54 Å². The molecule has 4 nitrogen and oxygen atoms in total. The van der Waals surface area contributed by atoms with Crippen LogP contribution in [0.1, 0.15) is 88.4 Å². The van der Waals surface area contributed by atoms with E-state index in [0.717, 1.165) is 12.0 Å². The SMILES string of the molecule is CC.CC.CCc1cccc(CN(CC)C(=O)c2cc(C(C)C)c(O)cc2O)c1. The van der Waals surface area contributed by atoms with E-state index in [2.05, 4.69) is 19.1 Å². The molecule has 0 aliphatic rings. The largest absolute Gasteiger partial charge is 0.508 e. The molecule has 0 saturated heterocycles. The Labute approximate surface area is 177 Å². The summed E-state index contributed by atoms with van der Waals surface area (Å²) in [6, 6.07) is 11.0. The molecule has 2 aromatic rings. The summed E-state index contributed by atoms with van der Waals surface area (Å²) >= 11 is 0. The lowest BCUT2D eigenvalue weighted by atomic mass is 9.98. The molecule has 2 rings (SSSR count). The van der Waals surface area contributed by atoms with E-state index >= 15 is 0 Å². The number of phenols is 2. The number of nitrogens with zero attached hydrogens (tertiary/aromatic N) is 1. The van der Waals surface area contributed by atoms with Gasteiger partial charge in [0.25, 0.3) is 5.91 Å². The minimum absolute atomic E-state index is 0.0164. The number of aryl methyl sites for hydroxylation is 1. The summed E-state index contributed by atoms with van der Waals surface area (Å²) in [4.78, 5) is 14.6. The third kappa shape index (κ3) is 7.45. The summed E-state index contributed by atoms with van der Waals surface area (Å²) in [6.45, 7) is 16.9. The lowest BCUT2D eigenvalue weighted by molar-refractivity contribution is 0.0749. The minimum Gasteiger partial charge on any atom is -0.508 e. The maximum atomic E-state index is 12.9. The van der Waals surface area contributed by atoms with Crippen molar-refractivity contribution in [2.45, 2.75) is 74.3 Å². The van der Waals surface area contributed by atoms with Crippen molar-refractivity contribution < 1.29 is 15.0 Å². The summed E-state index contributed by atoms with van der Waals surface area (Å²) in [5.41, 5.74) is 3.19. The molecule has 0 fully saturated rings. The van der Waals surface area contributed by atoms with Crippen LogP contribution in [0.4, 0.5) is 0 Å². The second-order valence-electron chi connectivity index (χ2n) is 6.58. The molecule has 162 valence electrons. The Kier molecular flexibility index (Phi) is 12.5. The molecule has 29 heavy (non-hydrogen) atoms. The summed E-state index contributed by atoms with van der Waals surface area (Å²) in [7, 11) is 0. The van der Waals surface area contributed by atoms with E-state index in [9.17, 15) is 15.0 Å². The van der Waals surface area contributed by atoms with Crippen LogP contribution in [-0.2, 0) is 13.0 Å². The third-order valence-corrected chi connectivity index (χ3v) is 4.44. The average Bonchev–Trinajstić information content (AvgIpc) is 2.74. The number of hydrogen-bond donors (Lipinski definition) is 2. The molecule has 0 radical (unpaired) electrons. The van der Waals surface area contributed by atoms with Gasteiger partial charge in [-0.25, -0.2) is 0 Å². The highest BCUT2D eigenvalue weighted by molar-refractivity contribution is 5.97. The maximum Gasteiger partial charge on any atom is 0.257 e. The minimum atomic E-state index is -0.233. The first-order valence-corrected chi connectivity index (χ1v) is 10.8. The van der Waals surface area contributed by atoms with Crippen LogP contribution in [0.15, 0.2) is 36.4 Å². The first kappa shape index (κ1) is 26.5. The van der Waals surface area contributed by atoms with Crippen molar-refractivity contribution in [3.05, 3.63) is 58.7 Å². The lowest BCUT2D eigenvalue weighted by Crippen LogP contribution is -2.30. The first-order valence-electron chi connectivity index (χ1n) is 10.8. The van der Waals surface area contributed by atoms with Crippen molar-refractivity contribution in [1.29, 1.82) is 0 Å².